The van der Waals surface area contributed by atoms with Crippen LogP contribution in [0.5, 0.6) is 11.5 Å². The number of ether oxygens (including phenoxy) is 2. The molecule has 21 heavy (non-hydrogen) atoms. The molecule has 0 saturated carbocycles. The molecule has 3 heteroatoms. The number of hydrogen-bond donors (Lipinski definition) is 1. The monoisotopic (exact) mass is 285 g/mol. The summed E-state index contributed by atoms with van der Waals surface area (Å²) in [6.07, 6.45) is 1.03. The van der Waals surface area contributed by atoms with E-state index in [4.69, 9.17) is 9.47 Å². The fourth-order valence-electron chi connectivity index (χ4n) is 2.36. The van der Waals surface area contributed by atoms with Crippen LogP contribution < -0.4 is 14.8 Å². The third kappa shape index (κ3) is 3.99. The van der Waals surface area contributed by atoms with Gasteiger partial charge in [-0.25, -0.2) is 0 Å². The Kier molecular flexibility index (Phi) is 5.64. The molecule has 3 nitrogen and oxygen atoms in total. The molecular formula is C18H23NO2. The highest BCUT2D eigenvalue weighted by Crippen LogP contribution is 2.31. The summed E-state index contributed by atoms with van der Waals surface area (Å²) in [5.74, 6) is 1.55. The van der Waals surface area contributed by atoms with Gasteiger partial charge in [-0.1, -0.05) is 43.3 Å². The van der Waals surface area contributed by atoms with Crippen LogP contribution in [0.4, 0.5) is 0 Å². The maximum absolute atomic E-state index is 5.87. The van der Waals surface area contributed by atoms with Crippen LogP contribution in [0.3, 0.4) is 0 Å². The summed E-state index contributed by atoms with van der Waals surface area (Å²) in [5.41, 5.74) is 2.36. The molecule has 112 valence electrons. The van der Waals surface area contributed by atoms with Gasteiger partial charge in [0.25, 0.3) is 0 Å². The van der Waals surface area contributed by atoms with Crippen molar-refractivity contribution in [2.45, 2.75) is 26.0 Å². The van der Waals surface area contributed by atoms with Gasteiger partial charge in [-0.05, 0) is 36.7 Å². The normalized spacial score (nSPS) is 12.0. The number of rotatable bonds is 7. The van der Waals surface area contributed by atoms with Crippen molar-refractivity contribution in [1.29, 1.82) is 0 Å². The first kappa shape index (κ1) is 15.4. The first-order valence-electron chi connectivity index (χ1n) is 7.30. The molecule has 0 bridgehead atoms. The van der Waals surface area contributed by atoms with Crippen LogP contribution in [-0.4, -0.2) is 14.2 Å². The Labute approximate surface area is 126 Å². The lowest BCUT2D eigenvalue weighted by atomic mass is 10.0. The predicted octanol–water partition coefficient (Wildman–Crippen LogP) is 3.94. The fraction of sp³-hybridized carbons (Fsp3) is 0.333. The van der Waals surface area contributed by atoms with E-state index in [0.29, 0.717) is 12.6 Å². The molecule has 0 aromatic heterocycles. The van der Waals surface area contributed by atoms with E-state index in [1.54, 1.807) is 7.11 Å². The van der Waals surface area contributed by atoms with Crippen molar-refractivity contribution in [2.24, 2.45) is 0 Å². The second kappa shape index (κ2) is 7.70. The van der Waals surface area contributed by atoms with E-state index in [-0.39, 0.29) is 0 Å². The Morgan fingerprint density at radius 1 is 1.05 bits per heavy atom. The van der Waals surface area contributed by atoms with Crippen molar-refractivity contribution in [2.75, 3.05) is 14.2 Å². The van der Waals surface area contributed by atoms with E-state index < -0.39 is 0 Å². The van der Waals surface area contributed by atoms with Crippen LogP contribution in [0, 0.1) is 0 Å². The summed E-state index contributed by atoms with van der Waals surface area (Å²) in [7, 11) is 3.65. The van der Waals surface area contributed by atoms with Crippen LogP contribution in [0.15, 0.2) is 48.5 Å². The zero-order chi connectivity index (χ0) is 15.1. The standard InChI is InChI=1S/C18H23NO2/c1-4-16(19-2)15-10-11-17(18(12-15)20-3)21-13-14-8-6-5-7-9-14/h5-12,16,19H,4,13H2,1-3H3/t16-/m1/s1. The smallest absolute Gasteiger partial charge is 0.161 e. The highest BCUT2D eigenvalue weighted by Gasteiger charge is 2.11. The van der Waals surface area contributed by atoms with Gasteiger partial charge in [-0.15, -0.1) is 0 Å². The molecule has 0 saturated heterocycles. The highest BCUT2D eigenvalue weighted by atomic mass is 16.5. The van der Waals surface area contributed by atoms with Gasteiger partial charge in [-0.2, -0.15) is 0 Å². The Bertz CT molecular complexity index is 550. The number of nitrogens with one attached hydrogen (secondary N) is 1. The zero-order valence-corrected chi connectivity index (χ0v) is 12.9. The molecule has 0 aliphatic heterocycles. The third-order valence-corrected chi connectivity index (χ3v) is 3.58. The predicted molar refractivity (Wildman–Crippen MR) is 85.9 cm³/mol. The van der Waals surface area contributed by atoms with E-state index in [1.165, 1.54) is 5.56 Å². The highest BCUT2D eigenvalue weighted by molar-refractivity contribution is 5.44. The lowest BCUT2D eigenvalue weighted by molar-refractivity contribution is 0.284. The molecule has 1 atom stereocenters. The first-order chi connectivity index (χ1) is 10.3. The molecule has 2 rings (SSSR count). The average molecular weight is 285 g/mol. The van der Waals surface area contributed by atoms with Crippen molar-refractivity contribution in [3.63, 3.8) is 0 Å². The van der Waals surface area contributed by atoms with E-state index in [1.807, 2.05) is 37.4 Å². The van der Waals surface area contributed by atoms with Crippen LogP contribution >= 0.6 is 0 Å². The molecule has 0 aliphatic rings. The van der Waals surface area contributed by atoms with E-state index in [2.05, 4.69) is 30.4 Å². The number of methoxy groups -OCH3 is 1. The fourth-order valence-corrected chi connectivity index (χ4v) is 2.36. The number of hydrogen-bond acceptors (Lipinski definition) is 3. The van der Waals surface area contributed by atoms with E-state index >= 15 is 0 Å². The summed E-state index contributed by atoms with van der Waals surface area (Å²) in [6, 6.07) is 16.6. The van der Waals surface area contributed by atoms with Gasteiger partial charge in [0.05, 0.1) is 7.11 Å². The molecule has 0 spiro atoms. The molecule has 0 fully saturated rings. The molecule has 0 amide bonds. The minimum atomic E-state index is 0.335. The second-order valence-electron chi connectivity index (χ2n) is 4.93. The molecule has 0 heterocycles. The lowest BCUT2D eigenvalue weighted by Gasteiger charge is -2.17. The molecule has 0 unspecified atom stereocenters. The third-order valence-electron chi connectivity index (χ3n) is 3.58. The summed E-state index contributed by atoms with van der Waals surface area (Å²) in [5, 5.41) is 3.30. The van der Waals surface area contributed by atoms with Gasteiger partial charge in [0, 0.05) is 6.04 Å². The van der Waals surface area contributed by atoms with Gasteiger partial charge in [-0.3, -0.25) is 0 Å². The summed E-state index contributed by atoms with van der Waals surface area (Å²) in [4.78, 5) is 0. The van der Waals surface area contributed by atoms with Crippen molar-refractivity contribution in [3.8, 4) is 11.5 Å². The van der Waals surface area contributed by atoms with Gasteiger partial charge in [0.2, 0.25) is 0 Å². The first-order valence-corrected chi connectivity index (χ1v) is 7.30. The molecule has 0 aliphatic carbocycles. The number of benzene rings is 2. The topological polar surface area (TPSA) is 30.5 Å². The maximum atomic E-state index is 5.87. The van der Waals surface area contributed by atoms with E-state index in [9.17, 15) is 0 Å². The molecular weight excluding hydrogens is 262 g/mol. The van der Waals surface area contributed by atoms with Crippen LogP contribution in [0.25, 0.3) is 0 Å². The van der Waals surface area contributed by atoms with Crippen molar-refractivity contribution >= 4 is 0 Å². The second-order valence-corrected chi connectivity index (χ2v) is 4.93. The largest absolute Gasteiger partial charge is 0.493 e. The maximum Gasteiger partial charge on any atom is 0.161 e. The van der Waals surface area contributed by atoms with Crippen LogP contribution in [0.1, 0.15) is 30.5 Å². The quantitative estimate of drug-likeness (QED) is 0.835. The lowest BCUT2D eigenvalue weighted by Crippen LogP contribution is -2.15. The summed E-state index contributed by atoms with van der Waals surface area (Å²) < 4.78 is 11.3. The van der Waals surface area contributed by atoms with Gasteiger partial charge >= 0.3 is 0 Å². The summed E-state index contributed by atoms with van der Waals surface area (Å²) >= 11 is 0. The Balaban J connectivity index is 2.13. The average Bonchev–Trinajstić information content (AvgIpc) is 2.55. The van der Waals surface area contributed by atoms with Gasteiger partial charge in [0.1, 0.15) is 6.61 Å². The molecule has 0 radical (unpaired) electrons. The van der Waals surface area contributed by atoms with Crippen LogP contribution in [0.2, 0.25) is 0 Å². The molecule has 2 aromatic rings. The van der Waals surface area contributed by atoms with Crippen molar-refractivity contribution in [3.05, 3.63) is 59.7 Å². The molecule has 1 N–H and O–H groups in total. The molecule has 2 aromatic carbocycles. The minimum Gasteiger partial charge on any atom is -0.493 e. The van der Waals surface area contributed by atoms with Crippen molar-refractivity contribution < 1.29 is 9.47 Å². The zero-order valence-electron chi connectivity index (χ0n) is 12.9. The SMILES string of the molecule is CC[C@@H](NC)c1ccc(OCc2ccccc2)c(OC)c1. The Hall–Kier alpha value is -2.00. The Morgan fingerprint density at radius 2 is 1.81 bits per heavy atom. The van der Waals surface area contributed by atoms with Gasteiger partial charge < -0.3 is 14.8 Å². The summed E-state index contributed by atoms with van der Waals surface area (Å²) in [6.45, 7) is 2.70. The van der Waals surface area contributed by atoms with Crippen LogP contribution in [-0.2, 0) is 6.61 Å². The van der Waals surface area contributed by atoms with Gasteiger partial charge in [0.15, 0.2) is 11.5 Å². The van der Waals surface area contributed by atoms with E-state index in [0.717, 1.165) is 23.5 Å². The minimum absolute atomic E-state index is 0.335. The Morgan fingerprint density at radius 3 is 2.43 bits per heavy atom. The van der Waals surface area contributed by atoms with Crippen molar-refractivity contribution in [1.82, 2.24) is 5.32 Å².